The van der Waals surface area contributed by atoms with Crippen molar-refractivity contribution >= 4 is 35.2 Å². The third kappa shape index (κ3) is 7.10. The first-order valence-corrected chi connectivity index (χ1v) is 15.7. The lowest BCUT2D eigenvalue weighted by Crippen LogP contribution is -2.43. The van der Waals surface area contributed by atoms with Crippen molar-refractivity contribution in [2.24, 2.45) is 11.8 Å². The maximum atomic E-state index is 13.4. The van der Waals surface area contributed by atoms with Gasteiger partial charge in [-0.05, 0) is 68.5 Å². The highest BCUT2D eigenvalue weighted by atomic mass is 35.5. The Morgan fingerprint density at radius 2 is 1.67 bits per heavy atom. The second-order valence-electron chi connectivity index (χ2n) is 12.2. The van der Waals surface area contributed by atoms with Gasteiger partial charge in [-0.25, -0.2) is 4.79 Å². The molecule has 0 radical (unpaired) electrons. The molecule has 0 spiro atoms. The summed E-state index contributed by atoms with van der Waals surface area (Å²) in [5.41, 5.74) is 3.27. The number of piperidine rings is 1. The summed E-state index contributed by atoms with van der Waals surface area (Å²) < 4.78 is 11.3. The van der Waals surface area contributed by atoms with E-state index in [0.717, 1.165) is 61.7 Å². The fraction of sp³-hybridized carbons (Fsp3) is 0.545. The Morgan fingerprint density at radius 1 is 0.977 bits per heavy atom. The van der Waals surface area contributed by atoms with E-state index in [1.165, 1.54) is 0 Å². The van der Waals surface area contributed by atoms with Gasteiger partial charge in [-0.1, -0.05) is 23.7 Å². The minimum absolute atomic E-state index is 0.0537. The number of aryl methyl sites for hydroxylation is 1. The fourth-order valence-corrected chi connectivity index (χ4v) is 6.87. The highest BCUT2D eigenvalue weighted by Gasteiger charge is 2.41. The molecule has 3 fully saturated rings. The molecule has 0 bridgehead atoms. The van der Waals surface area contributed by atoms with Crippen LogP contribution in [0.2, 0.25) is 5.02 Å². The molecule has 2 unspecified atom stereocenters. The molecule has 3 heterocycles. The molecular weight excluding hydrogens is 568 g/mol. The zero-order valence-corrected chi connectivity index (χ0v) is 26.4. The van der Waals surface area contributed by atoms with Gasteiger partial charge in [0.25, 0.3) is 5.91 Å². The molecule has 0 saturated carbocycles. The molecule has 43 heavy (non-hydrogen) atoms. The summed E-state index contributed by atoms with van der Waals surface area (Å²) in [4.78, 5) is 46.3. The smallest absolute Gasteiger partial charge is 0.414 e. The van der Waals surface area contributed by atoms with Crippen molar-refractivity contribution in [1.29, 1.82) is 0 Å². The number of amides is 3. The number of carbonyl (C=O) groups excluding carboxylic acids is 3. The number of hydrogen-bond acceptors (Lipinski definition) is 6. The maximum Gasteiger partial charge on any atom is 0.414 e. The summed E-state index contributed by atoms with van der Waals surface area (Å²) in [5, 5.41) is 0.612. The first-order valence-electron chi connectivity index (χ1n) is 15.3. The SMILES string of the molecule is COc1cccc(C(=O)N2CC3CN(CCCN(C(=O)OC4CCN(C(C)=O)CC4)c4ccc(C)c(Cl)c4)CC3C2)c1C. The molecule has 3 aliphatic rings. The fourth-order valence-electron chi connectivity index (χ4n) is 6.70. The van der Waals surface area contributed by atoms with E-state index in [9.17, 15) is 14.4 Å². The normalized spacial score (nSPS) is 20.7. The number of benzene rings is 2. The van der Waals surface area contributed by atoms with Crippen LogP contribution in [0.4, 0.5) is 10.5 Å². The zero-order valence-electron chi connectivity index (χ0n) is 25.7. The Kier molecular flexibility index (Phi) is 9.82. The van der Waals surface area contributed by atoms with Gasteiger partial charge in [0, 0.05) is 87.4 Å². The molecule has 0 aromatic heterocycles. The van der Waals surface area contributed by atoms with Gasteiger partial charge in [-0.15, -0.1) is 0 Å². The Bertz CT molecular complexity index is 1330. The molecule has 3 aliphatic heterocycles. The number of likely N-dealkylation sites (tertiary alicyclic amines) is 3. The predicted molar refractivity (Wildman–Crippen MR) is 167 cm³/mol. The van der Waals surface area contributed by atoms with Crippen LogP contribution in [0, 0.1) is 25.7 Å². The third-order valence-electron chi connectivity index (χ3n) is 9.28. The number of fused-ring (bicyclic) bond motifs is 1. The predicted octanol–water partition coefficient (Wildman–Crippen LogP) is 5.01. The Morgan fingerprint density at radius 3 is 2.30 bits per heavy atom. The summed E-state index contributed by atoms with van der Waals surface area (Å²) in [6, 6.07) is 11.3. The summed E-state index contributed by atoms with van der Waals surface area (Å²) in [5.74, 6) is 1.77. The minimum Gasteiger partial charge on any atom is -0.496 e. The van der Waals surface area contributed by atoms with Crippen LogP contribution < -0.4 is 9.64 Å². The van der Waals surface area contributed by atoms with E-state index >= 15 is 0 Å². The number of methoxy groups -OCH3 is 1. The quantitative estimate of drug-likeness (QED) is 0.418. The van der Waals surface area contributed by atoms with E-state index < -0.39 is 0 Å². The van der Waals surface area contributed by atoms with Crippen molar-refractivity contribution in [2.45, 2.75) is 46.1 Å². The van der Waals surface area contributed by atoms with E-state index in [4.69, 9.17) is 21.1 Å². The standard InChI is InChI=1S/C33H43ClN4O5/c1-22-9-10-27(17-30(22)34)38(33(41)43-28-11-15-36(16-12-28)24(3)39)14-6-13-35-18-25-20-37(21-26(25)19-35)32(40)29-7-5-8-31(42-4)23(29)2/h5,7-10,17,25-26,28H,6,11-16,18-21H2,1-4H3. The van der Waals surface area contributed by atoms with Crippen molar-refractivity contribution in [3.8, 4) is 5.75 Å². The minimum atomic E-state index is -0.374. The molecule has 10 heteroatoms. The monoisotopic (exact) mass is 610 g/mol. The number of ether oxygens (including phenoxy) is 2. The zero-order chi connectivity index (χ0) is 30.7. The number of halogens is 1. The molecule has 2 aromatic carbocycles. The topological polar surface area (TPSA) is 82.6 Å². The molecular formula is C33H43ClN4O5. The summed E-state index contributed by atoms with van der Waals surface area (Å²) in [7, 11) is 1.63. The molecule has 0 aliphatic carbocycles. The van der Waals surface area contributed by atoms with Gasteiger partial charge < -0.3 is 24.2 Å². The van der Waals surface area contributed by atoms with Gasteiger partial charge >= 0.3 is 6.09 Å². The van der Waals surface area contributed by atoms with Crippen molar-refractivity contribution < 1.29 is 23.9 Å². The molecule has 2 atom stereocenters. The van der Waals surface area contributed by atoms with Gasteiger partial charge in [0.05, 0.1) is 7.11 Å². The summed E-state index contributed by atoms with van der Waals surface area (Å²) in [6.07, 6.45) is 1.48. The number of hydrogen-bond donors (Lipinski definition) is 0. The summed E-state index contributed by atoms with van der Waals surface area (Å²) in [6.45, 7) is 11.4. The van der Waals surface area contributed by atoms with Crippen LogP contribution in [-0.2, 0) is 9.53 Å². The number of carbonyl (C=O) groups is 3. The van der Waals surface area contributed by atoms with Crippen LogP contribution in [0.15, 0.2) is 36.4 Å². The van der Waals surface area contributed by atoms with E-state index in [0.29, 0.717) is 54.9 Å². The average molecular weight is 611 g/mol. The first-order chi connectivity index (χ1) is 20.6. The second kappa shape index (κ2) is 13.6. The van der Waals surface area contributed by atoms with Gasteiger partial charge in [0.15, 0.2) is 0 Å². The van der Waals surface area contributed by atoms with Gasteiger partial charge in [0.1, 0.15) is 11.9 Å². The van der Waals surface area contributed by atoms with Crippen LogP contribution in [0.3, 0.4) is 0 Å². The number of anilines is 1. The number of rotatable bonds is 8. The molecule has 3 saturated heterocycles. The van der Waals surface area contributed by atoms with Crippen LogP contribution >= 0.6 is 11.6 Å². The molecule has 0 N–H and O–H groups in total. The molecule has 232 valence electrons. The summed E-state index contributed by atoms with van der Waals surface area (Å²) >= 11 is 6.43. The lowest BCUT2D eigenvalue weighted by molar-refractivity contribution is -0.130. The third-order valence-corrected chi connectivity index (χ3v) is 9.69. The van der Waals surface area contributed by atoms with Crippen LogP contribution in [0.5, 0.6) is 5.75 Å². The average Bonchev–Trinajstić information content (AvgIpc) is 3.56. The van der Waals surface area contributed by atoms with Gasteiger partial charge in [-0.3, -0.25) is 14.5 Å². The van der Waals surface area contributed by atoms with E-state index in [1.54, 1.807) is 23.8 Å². The second-order valence-corrected chi connectivity index (χ2v) is 12.6. The highest BCUT2D eigenvalue weighted by molar-refractivity contribution is 6.31. The molecule has 2 aromatic rings. The van der Waals surface area contributed by atoms with Crippen molar-refractivity contribution in [2.75, 3.05) is 64.4 Å². The van der Waals surface area contributed by atoms with Crippen LogP contribution in [0.1, 0.15) is 47.7 Å². The van der Waals surface area contributed by atoms with E-state index in [-0.39, 0.29) is 24.0 Å². The van der Waals surface area contributed by atoms with Crippen molar-refractivity contribution in [3.63, 3.8) is 0 Å². The van der Waals surface area contributed by atoms with Crippen molar-refractivity contribution in [3.05, 3.63) is 58.1 Å². The Hall–Kier alpha value is -3.30. The Labute approximate surface area is 259 Å². The van der Waals surface area contributed by atoms with Crippen LogP contribution in [0.25, 0.3) is 0 Å². The largest absolute Gasteiger partial charge is 0.496 e. The van der Waals surface area contributed by atoms with E-state index in [2.05, 4.69) is 4.90 Å². The van der Waals surface area contributed by atoms with Gasteiger partial charge in [0.2, 0.25) is 5.91 Å². The van der Waals surface area contributed by atoms with E-state index in [1.807, 2.05) is 55.1 Å². The molecule has 9 nitrogen and oxygen atoms in total. The van der Waals surface area contributed by atoms with Crippen molar-refractivity contribution in [1.82, 2.24) is 14.7 Å². The van der Waals surface area contributed by atoms with Gasteiger partial charge in [-0.2, -0.15) is 0 Å². The molecule has 3 amide bonds. The Balaban J connectivity index is 1.15. The maximum absolute atomic E-state index is 13.4. The lowest BCUT2D eigenvalue weighted by atomic mass is 10.0. The van der Waals surface area contributed by atoms with Crippen LogP contribution in [-0.4, -0.2) is 98.2 Å². The highest BCUT2D eigenvalue weighted by Crippen LogP contribution is 2.33. The number of nitrogens with zero attached hydrogens (tertiary/aromatic N) is 4. The lowest BCUT2D eigenvalue weighted by Gasteiger charge is -2.32. The molecule has 5 rings (SSSR count). The first kappa shape index (κ1) is 31.1.